The van der Waals surface area contributed by atoms with Gasteiger partial charge < -0.3 is 24.4 Å². The summed E-state index contributed by atoms with van der Waals surface area (Å²) in [6.07, 6.45) is 0.857. The van der Waals surface area contributed by atoms with Crippen LogP contribution in [0, 0.1) is 0 Å². The van der Waals surface area contributed by atoms with E-state index in [-0.39, 0.29) is 0 Å². The number of nitrogens with one attached hydrogen (secondary N) is 1. The fraction of sp³-hybridized carbons (Fsp3) is 0.409. The molecule has 28 heavy (non-hydrogen) atoms. The smallest absolute Gasteiger partial charge is 0.193 e. The first-order chi connectivity index (χ1) is 13.6. The quantitative estimate of drug-likeness (QED) is 0.530. The van der Waals surface area contributed by atoms with Crippen LogP contribution in [0.25, 0.3) is 0 Å². The van der Waals surface area contributed by atoms with Gasteiger partial charge in [-0.2, -0.15) is 0 Å². The van der Waals surface area contributed by atoms with Gasteiger partial charge in [0.25, 0.3) is 0 Å². The Morgan fingerprint density at radius 2 is 1.68 bits per heavy atom. The predicted molar refractivity (Wildman–Crippen MR) is 114 cm³/mol. The van der Waals surface area contributed by atoms with E-state index in [1.54, 1.807) is 21.3 Å². The summed E-state index contributed by atoms with van der Waals surface area (Å²) in [5, 5.41) is 3.41. The molecule has 0 amide bonds. The summed E-state index contributed by atoms with van der Waals surface area (Å²) in [5.41, 5.74) is 2.38. The number of hydrogen-bond donors (Lipinski definition) is 1. The SMILES string of the molecule is CCOc1ccc(CN(C)C(=NC)NCCc2ccc(OC)c(OC)c2)cc1. The monoisotopic (exact) mass is 385 g/mol. The Labute approximate surface area is 168 Å². The second-order valence-electron chi connectivity index (χ2n) is 6.35. The van der Waals surface area contributed by atoms with Crippen molar-refractivity contribution in [3.05, 3.63) is 53.6 Å². The van der Waals surface area contributed by atoms with Crippen molar-refractivity contribution in [2.24, 2.45) is 4.99 Å². The molecule has 0 bridgehead atoms. The molecule has 152 valence electrons. The minimum absolute atomic E-state index is 0.676. The Bertz CT molecular complexity index is 760. The molecule has 6 nitrogen and oxygen atoms in total. The van der Waals surface area contributed by atoms with Gasteiger partial charge in [-0.25, -0.2) is 0 Å². The van der Waals surface area contributed by atoms with Crippen molar-refractivity contribution < 1.29 is 14.2 Å². The maximum Gasteiger partial charge on any atom is 0.193 e. The van der Waals surface area contributed by atoms with Crippen LogP contribution in [0.15, 0.2) is 47.5 Å². The van der Waals surface area contributed by atoms with Crippen molar-refractivity contribution in [1.29, 1.82) is 0 Å². The first-order valence-corrected chi connectivity index (χ1v) is 9.45. The van der Waals surface area contributed by atoms with Gasteiger partial charge in [0.05, 0.1) is 20.8 Å². The summed E-state index contributed by atoms with van der Waals surface area (Å²) in [6, 6.07) is 14.2. The fourth-order valence-electron chi connectivity index (χ4n) is 2.95. The predicted octanol–water partition coefficient (Wildman–Crippen LogP) is 3.35. The maximum atomic E-state index is 5.49. The van der Waals surface area contributed by atoms with Crippen LogP contribution in [-0.4, -0.2) is 52.3 Å². The lowest BCUT2D eigenvalue weighted by atomic mass is 10.1. The zero-order valence-corrected chi connectivity index (χ0v) is 17.5. The molecule has 2 rings (SSSR count). The summed E-state index contributed by atoms with van der Waals surface area (Å²) in [5.74, 6) is 3.24. The third-order valence-corrected chi connectivity index (χ3v) is 4.37. The van der Waals surface area contributed by atoms with Gasteiger partial charge in [-0.15, -0.1) is 0 Å². The molecule has 0 heterocycles. The highest BCUT2D eigenvalue weighted by Crippen LogP contribution is 2.27. The zero-order chi connectivity index (χ0) is 20.4. The second-order valence-corrected chi connectivity index (χ2v) is 6.35. The lowest BCUT2D eigenvalue weighted by Crippen LogP contribution is -2.39. The molecule has 2 aromatic rings. The molecule has 0 radical (unpaired) electrons. The number of guanidine groups is 1. The highest BCUT2D eigenvalue weighted by atomic mass is 16.5. The number of ether oxygens (including phenoxy) is 3. The number of aliphatic imine (C=N–C) groups is 1. The van der Waals surface area contributed by atoms with Gasteiger partial charge in [-0.05, 0) is 48.7 Å². The lowest BCUT2D eigenvalue weighted by Gasteiger charge is -2.22. The standard InChI is InChI=1S/C22H31N3O3/c1-6-28-19-10-7-18(8-11-19)16-25(3)22(23-2)24-14-13-17-9-12-20(26-4)21(15-17)27-5/h7-12,15H,6,13-14,16H2,1-5H3,(H,23,24). The van der Waals surface area contributed by atoms with Crippen LogP contribution >= 0.6 is 0 Å². The summed E-state index contributed by atoms with van der Waals surface area (Å²) >= 11 is 0. The van der Waals surface area contributed by atoms with Gasteiger partial charge >= 0.3 is 0 Å². The van der Waals surface area contributed by atoms with Crippen LogP contribution in [0.1, 0.15) is 18.1 Å². The van der Waals surface area contributed by atoms with Crippen LogP contribution in [0.5, 0.6) is 17.2 Å². The van der Waals surface area contributed by atoms with Crippen molar-refractivity contribution in [2.75, 3.05) is 41.5 Å². The van der Waals surface area contributed by atoms with E-state index in [4.69, 9.17) is 14.2 Å². The minimum Gasteiger partial charge on any atom is -0.494 e. The molecule has 0 aromatic heterocycles. The number of benzene rings is 2. The zero-order valence-electron chi connectivity index (χ0n) is 17.5. The molecule has 0 unspecified atom stereocenters. The van der Waals surface area contributed by atoms with Gasteiger partial charge in [0.15, 0.2) is 17.5 Å². The number of hydrogen-bond acceptors (Lipinski definition) is 4. The average molecular weight is 386 g/mol. The van der Waals surface area contributed by atoms with Crippen LogP contribution in [0.4, 0.5) is 0 Å². The topological polar surface area (TPSA) is 55.3 Å². The van der Waals surface area contributed by atoms with Crippen LogP contribution in [0.3, 0.4) is 0 Å². The largest absolute Gasteiger partial charge is 0.494 e. The normalized spacial score (nSPS) is 11.1. The van der Waals surface area contributed by atoms with E-state index in [1.807, 2.05) is 38.2 Å². The highest BCUT2D eigenvalue weighted by molar-refractivity contribution is 5.79. The first kappa shape index (κ1) is 21.4. The van der Waals surface area contributed by atoms with E-state index in [0.29, 0.717) is 6.61 Å². The van der Waals surface area contributed by atoms with E-state index in [2.05, 4.69) is 33.4 Å². The molecule has 1 N–H and O–H groups in total. The maximum absolute atomic E-state index is 5.49. The fourth-order valence-corrected chi connectivity index (χ4v) is 2.95. The molecule has 0 aliphatic carbocycles. The molecule has 0 fully saturated rings. The van der Waals surface area contributed by atoms with Gasteiger partial charge in [0.2, 0.25) is 0 Å². The van der Waals surface area contributed by atoms with Crippen molar-refractivity contribution >= 4 is 5.96 Å². The summed E-state index contributed by atoms with van der Waals surface area (Å²) in [4.78, 5) is 6.49. The molecule has 0 saturated carbocycles. The van der Waals surface area contributed by atoms with Crippen molar-refractivity contribution in [2.45, 2.75) is 19.9 Å². The number of rotatable bonds is 9. The Kier molecular flexibility index (Phi) is 8.46. The first-order valence-electron chi connectivity index (χ1n) is 9.45. The number of nitrogens with zero attached hydrogens (tertiary/aromatic N) is 2. The third-order valence-electron chi connectivity index (χ3n) is 4.37. The van der Waals surface area contributed by atoms with E-state index in [0.717, 1.165) is 42.7 Å². The Balaban J connectivity index is 1.88. The van der Waals surface area contributed by atoms with E-state index in [1.165, 1.54) is 11.1 Å². The molecule has 0 saturated heterocycles. The summed E-state index contributed by atoms with van der Waals surface area (Å²) < 4.78 is 16.1. The molecule has 0 atom stereocenters. The van der Waals surface area contributed by atoms with E-state index in [9.17, 15) is 0 Å². The van der Waals surface area contributed by atoms with Crippen LogP contribution < -0.4 is 19.5 Å². The van der Waals surface area contributed by atoms with Crippen LogP contribution in [-0.2, 0) is 13.0 Å². The molecule has 2 aromatic carbocycles. The Morgan fingerprint density at radius 1 is 1.00 bits per heavy atom. The highest BCUT2D eigenvalue weighted by Gasteiger charge is 2.08. The van der Waals surface area contributed by atoms with Gasteiger partial charge in [-0.1, -0.05) is 18.2 Å². The third kappa shape index (κ3) is 6.08. The lowest BCUT2D eigenvalue weighted by molar-refractivity contribution is 0.340. The number of methoxy groups -OCH3 is 2. The minimum atomic E-state index is 0.676. The van der Waals surface area contributed by atoms with Crippen molar-refractivity contribution in [3.63, 3.8) is 0 Å². The second kappa shape index (κ2) is 11.1. The molecule has 0 aliphatic rings. The Morgan fingerprint density at radius 3 is 2.29 bits per heavy atom. The summed E-state index contributed by atoms with van der Waals surface area (Å²) in [7, 11) is 7.12. The molecular formula is C22H31N3O3. The molecule has 0 spiro atoms. The van der Waals surface area contributed by atoms with E-state index < -0.39 is 0 Å². The van der Waals surface area contributed by atoms with Gasteiger partial charge in [0, 0.05) is 27.2 Å². The van der Waals surface area contributed by atoms with Crippen molar-refractivity contribution in [1.82, 2.24) is 10.2 Å². The molecule has 0 aliphatic heterocycles. The van der Waals surface area contributed by atoms with Gasteiger partial charge in [0.1, 0.15) is 5.75 Å². The molecular weight excluding hydrogens is 354 g/mol. The van der Waals surface area contributed by atoms with Crippen LogP contribution in [0.2, 0.25) is 0 Å². The van der Waals surface area contributed by atoms with Crippen molar-refractivity contribution in [3.8, 4) is 17.2 Å². The molecule has 6 heteroatoms. The van der Waals surface area contributed by atoms with Gasteiger partial charge in [-0.3, -0.25) is 4.99 Å². The average Bonchev–Trinajstić information content (AvgIpc) is 2.72. The van der Waals surface area contributed by atoms with E-state index >= 15 is 0 Å². The summed E-state index contributed by atoms with van der Waals surface area (Å²) in [6.45, 7) is 4.20. The Hall–Kier alpha value is -2.89.